The lowest BCUT2D eigenvalue weighted by Crippen LogP contribution is -2.65. The van der Waals surface area contributed by atoms with Crippen LogP contribution >= 0.6 is 0 Å². The molecule has 442 valence electrons. The van der Waals surface area contributed by atoms with Gasteiger partial charge in [0.05, 0.1) is 11.1 Å². The minimum atomic E-state index is -0.786. The number of nitrogens with zero attached hydrogens (tertiary/aromatic N) is 1. The molecule has 0 N–H and O–H groups in total. The van der Waals surface area contributed by atoms with Gasteiger partial charge in [-0.1, -0.05) is 300 Å². The van der Waals surface area contributed by atoms with Crippen molar-refractivity contribution in [2.24, 2.45) is 0 Å². The molecule has 0 saturated carbocycles. The second-order valence-corrected chi connectivity index (χ2v) is 31.9. The first kappa shape index (κ1) is 58.9. The van der Waals surface area contributed by atoms with Crippen LogP contribution in [0.1, 0.15) is 180 Å². The monoisotopic (exact) mass is 1150 g/mol. The molecule has 0 aliphatic carbocycles. The minimum absolute atomic E-state index is 0.0613. The highest BCUT2D eigenvalue weighted by Gasteiger charge is 2.55. The van der Waals surface area contributed by atoms with E-state index in [1.807, 2.05) is 0 Å². The summed E-state index contributed by atoms with van der Waals surface area (Å²) in [6.45, 7) is 42.3. The van der Waals surface area contributed by atoms with Crippen molar-refractivity contribution in [3.63, 3.8) is 0 Å². The van der Waals surface area contributed by atoms with Crippen LogP contribution < -0.4 is 26.0 Å². The van der Waals surface area contributed by atoms with Crippen LogP contribution in [0.3, 0.4) is 0 Å². The molecular formula is C85H88BNO. The summed E-state index contributed by atoms with van der Waals surface area (Å²) in [4.78, 5) is 2.75. The van der Waals surface area contributed by atoms with Crippen LogP contribution in [0.25, 0.3) is 44.5 Å². The van der Waals surface area contributed by atoms with Crippen LogP contribution in [-0.4, -0.2) is 6.71 Å². The van der Waals surface area contributed by atoms with E-state index in [-0.39, 0.29) is 39.2 Å². The van der Waals surface area contributed by atoms with Crippen LogP contribution in [0.4, 0.5) is 17.1 Å². The fourth-order valence-corrected chi connectivity index (χ4v) is 14.2. The molecule has 2 nitrogen and oxygen atoms in total. The van der Waals surface area contributed by atoms with Crippen LogP contribution in [0.5, 0.6) is 11.5 Å². The number of fused-ring (bicyclic) bond motifs is 10. The van der Waals surface area contributed by atoms with E-state index in [0.717, 1.165) is 22.6 Å². The van der Waals surface area contributed by atoms with Crippen molar-refractivity contribution in [1.82, 2.24) is 0 Å². The Bertz CT molecular complexity index is 4230. The summed E-state index contributed by atoms with van der Waals surface area (Å²) in [6.07, 6.45) is 0. The maximum atomic E-state index is 7.13. The predicted molar refractivity (Wildman–Crippen MR) is 378 cm³/mol. The van der Waals surface area contributed by atoms with Crippen LogP contribution in [0.15, 0.2) is 206 Å². The van der Waals surface area contributed by atoms with E-state index in [4.69, 9.17) is 4.74 Å². The van der Waals surface area contributed by atoms with Crippen molar-refractivity contribution in [3.8, 4) is 56.0 Å². The number of hydrogen-bond acceptors (Lipinski definition) is 2. The predicted octanol–water partition coefficient (Wildman–Crippen LogP) is 21.2. The number of hydrogen-bond donors (Lipinski definition) is 0. The van der Waals surface area contributed by atoms with Gasteiger partial charge in [-0.2, -0.15) is 0 Å². The molecule has 10 aromatic rings. The molecule has 0 amide bonds. The van der Waals surface area contributed by atoms with Crippen molar-refractivity contribution in [2.45, 2.75) is 163 Å². The highest BCUT2D eigenvalue weighted by Crippen LogP contribution is 2.59. The molecule has 0 saturated heterocycles. The van der Waals surface area contributed by atoms with Crippen molar-refractivity contribution >= 4 is 40.2 Å². The zero-order chi connectivity index (χ0) is 62.4. The highest BCUT2D eigenvalue weighted by molar-refractivity contribution is 6.99. The third kappa shape index (κ3) is 9.87. The summed E-state index contributed by atoms with van der Waals surface area (Å²) in [5, 5.41) is 0. The van der Waals surface area contributed by atoms with Gasteiger partial charge in [-0.05, 0) is 158 Å². The number of benzene rings is 10. The lowest BCUT2D eigenvalue weighted by molar-refractivity contribution is 0.435. The largest absolute Gasteiger partial charge is 0.457 e. The summed E-state index contributed by atoms with van der Waals surface area (Å²) < 4.78 is 7.13. The average Bonchev–Trinajstić information content (AvgIpc) is 0.668. The van der Waals surface area contributed by atoms with E-state index in [2.05, 4.69) is 336 Å². The van der Waals surface area contributed by atoms with Gasteiger partial charge in [-0.3, -0.25) is 0 Å². The molecule has 13 rings (SSSR count). The Balaban J connectivity index is 1.25. The number of rotatable bonds is 5. The molecule has 3 aliphatic heterocycles. The van der Waals surface area contributed by atoms with Gasteiger partial charge in [0.2, 0.25) is 6.71 Å². The van der Waals surface area contributed by atoms with Gasteiger partial charge in [0.15, 0.2) is 0 Å². The highest BCUT2D eigenvalue weighted by atomic mass is 16.5. The number of para-hydroxylation sites is 2. The molecule has 10 aromatic carbocycles. The van der Waals surface area contributed by atoms with E-state index < -0.39 is 5.41 Å². The maximum absolute atomic E-state index is 7.13. The lowest BCUT2D eigenvalue weighted by atomic mass is 9.29. The molecular weight excluding hydrogens is 1060 g/mol. The molecule has 3 aliphatic rings. The van der Waals surface area contributed by atoms with Crippen LogP contribution in [0, 0.1) is 0 Å². The first-order valence-electron chi connectivity index (χ1n) is 32.2. The van der Waals surface area contributed by atoms with Gasteiger partial charge >= 0.3 is 0 Å². The van der Waals surface area contributed by atoms with E-state index in [1.54, 1.807) is 0 Å². The van der Waals surface area contributed by atoms with Crippen LogP contribution in [0.2, 0.25) is 0 Å². The molecule has 0 atom stereocenters. The average molecular weight is 1150 g/mol. The normalized spacial score (nSPS) is 14.4. The zero-order valence-corrected chi connectivity index (χ0v) is 55.6. The standard InChI is InChI=1S/C85H88BNO/c1-79(2,3)59-41-57(42-60(47-59)80(4,5)6)55-37-39-67-72(45-55)86-71-40-38-56(58-43-61(81(7,8)9)48-62(44-58)82(10,11)12)46-73(71)87(78-65(53-29-21-19-22-30-53)49-63(83(13,14)15)50-66(78)54-31-23-20-24-32-54)74-52-64(84(16,17)18)51-70(77(74)86)85(67)68-33-25-27-35-75(68)88-76-36-28-26-34-69(76)85/h19-52H,1-18H3. The molecule has 0 bridgehead atoms. The van der Waals surface area contributed by atoms with Gasteiger partial charge in [0.25, 0.3) is 0 Å². The van der Waals surface area contributed by atoms with Gasteiger partial charge in [0, 0.05) is 33.6 Å². The quantitative estimate of drug-likeness (QED) is 0.159. The van der Waals surface area contributed by atoms with E-state index in [9.17, 15) is 0 Å². The fraction of sp³-hybridized carbons (Fsp3) is 0.294. The molecule has 3 heterocycles. The Kier molecular flexibility index (Phi) is 13.7. The Morgan fingerprint density at radius 2 is 0.693 bits per heavy atom. The minimum Gasteiger partial charge on any atom is -0.457 e. The summed E-state index contributed by atoms with van der Waals surface area (Å²) in [5.41, 5.74) is 28.5. The summed E-state index contributed by atoms with van der Waals surface area (Å²) in [7, 11) is 0. The first-order chi connectivity index (χ1) is 41.4. The molecule has 0 aromatic heterocycles. The Hall–Kier alpha value is -8.14. The summed E-state index contributed by atoms with van der Waals surface area (Å²) >= 11 is 0. The Morgan fingerprint density at radius 1 is 0.295 bits per heavy atom. The third-order valence-corrected chi connectivity index (χ3v) is 19.5. The summed E-state index contributed by atoms with van der Waals surface area (Å²) in [5.74, 6) is 1.77. The van der Waals surface area contributed by atoms with E-state index in [0.29, 0.717) is 0 Å². The van der Waals surface area contributed by atoms with E-state index in [1.165, 1.54) is 122 Å². The molecule has 0 unspecified atom stereocenters. The van der Waals surface area contributed by atoms with Crippen molar-refractivity contribution in [2.75, 3.05) is 4.90 Å². The van der Waals surface area contributed by atoms with Gasteiger partial charge in [-0.25, -0.2) is 0 Å². The fourth-order valence-electron chi connectivity index (χ4n) is 14.2. The van der Waals surface area contributed by atoms with E-state index >= 15 is 0 Å². The Labute approximate surface area is 527 Å². The molecule has 0 fully saturated rings. The zero-order valence-electron chi connectivity index (χ0n) is 55.6. The van der Waals surface area contributed by atoms with Crippen molar-refractivity contribution in [1.29, 1.82) is 0 Å². The molecule has 3 heteroatoms. The van der Waals surface area contributed by atoms with Gasteiger partial charge in [0.1, 0.15) is 11.5 Å². The molecule has 88 heavy (non-hydrogen) atoms. The van der Waals surface area contributed by atoms with Gasteiger partial charge in [-0.15, -0.1) is 0 Å². The second-order valence-electron chi connectivity index (χ2n) is 31.9. The topological polar surface area (TPSA) is 12.5 Å². The van der Waals surface area contributed by atoms with Crippen molar-refractivity contribution in [3.05, 3.63) is 262 Å². The molecule has 0 radical (unpaired) electrons. The number of ether oxygens (including phenoxy) is 1. The maximum Gasteiger partial charge on any atom is 0.247 e. The first-order valence-corrected chi connectivity index (χ1v) is 32.2. The van der Waals surface area contributed by atoms with Gasteiger partial charge < -0.3 is 9.64 Å². The van der Waals surface area contributed by atoms with Crippen molar-refractivity contribution < 1.29 is 4.74 Å². The lowest BCUT2D eigenvalue weighted by Gasteiger charge is -2.51. The second kappa shape index (κ2) is 20.5. The third-order valence-electron chi connectivity index (χ3n) is 19.5. The molecule has 1 spiro atoms. The van der Waals surface area contributed by atoms with Crippen LogP contribution in [-0.2, 0) is 37.9 Å². The summed E-state index contributed by atoms with van der Waals surface area (Å²) in [6, 6.07) is 80.4. The SMILES string of the molecule is CC(C)(C)c1cc(-c2ccc3c(c2)B2c4ccc(-c5cc(C(C)(C)C)cc(C(C)(C)C)c5)cc4N(c4c(-c5ccccc5)cc(C(C)(C)C)cc4-c4ccccc4)c4cc(C(C)(C)C)cc(c42)C32c3ccccc3Oc3ccccc32)cc(C(C)(C)C)c1. The number of anilines is 3. The Morgan fingerprint density at radius 3 is 1.15 bits per heavy atom. The smallest absolute Gasteiger partial charge is 0.247 e.